The number of hydrogen-bond acceptors (Lipinski definition) is 6. The number of amides is 3. The number of nitrogens with one attached hydrogen (secondary N) is 2. The van der Waals surface area contributed by atoms with E-state index in [4.69, 9.17) is 4.74 Å². The van der Waals surface area contributed by atoms with Crippen molar-refractivity contribution < 1.29 is 23.9 Å². The number of urea groups is 1. The fourth-order valence-corrected chi connectivity index (χ4v) is 2.35. The van der Waals surface area contributed by atoms with E-state index >= 15 is 0 Å². The molecule has 0 spiro atoms. The Bertz CT molecular complexity index is 609. The number of carbonyl (C=O) groups excluding carboxylic acids is 4. The second-order valence-electron chi connectivity index (χ2n) is 4.54. The molecule has 2 N–H and O–H groups in total. The largest absolute Gasteiger partial charge is 0.456 e. The summed E-state index contributed by atoms with van der Waals surface area (Å²) in [5.74, 6) is -1.57. The fraction of sp³-hybridized carbons (Fsp3) is 0.333. The molecular weight excluding hydrogens is 320 g/mol. The Labute approximate surface area is 137 Å². The van der Waals surface area contributed by atoms with Crippen LogP contribution in [-0.4, -0.2) is 36.8 Å². The summed E-state index contributed by atoms with van der Waals surface area (Å²) in [7, 11) is 0. The maximum atomic E-state index is 11.8. The van der Waals surface area contributed by atoms with Crippen LogP contribution in [0.1, 0.15) is 27.4 Å². The van der Waals surface area contributed by atoms with Crippen molar-refractivity contribution in [2.45, 2.75) is 19.8 Å². The van der Waals surface area contributed by atoms with Crippen LogP contribution in [0.4, 0.5) is 4.79 Å². The fourth-order valence-electron chi connectivity index (χ4n) is 1.51. The zero-order valence-electron chi connectivity index (χ0n) is 12.7. The summed E-state index contributed by atoms with van der Waals surface area (Å²) < 4.78 is 4.70. The molecule has 0 saturated heterocycles. The van der Waals surface area contributed by atoms with Gasteiger partial charge >= 0.3 is 12.0 Å². The minimum absolute atomic E-state index is 0.0141. The van der Waals surface area contributed by atoms with Gasteiger partial charge in [-0.1, -0.05) is 6.08 Å². The van der Waals surface area contributed by atoms with E-state index in [1.54, 1.807) is 6.07 Å². The lowest BCUT2D eigenvalue weighted by molar-refractivity contribution is -0.148. The molecule has 0 unspecified atom stereocenters. The number of ketones is 1. The van der Waals surface area contributed by atoms with E-state index < -0.39 is 24.5 Å². The van der Waals surface area contributed by atoms with Gasteiger partial charge in [-0.2, -0.15) is 0 Å². The molecule has 3 amide bonds. The molecule has 0 aliphatic carbocycles. The van der Waals surface area contributed by atoms with Gasteiger partial charge in [-0.15, -0.1) is 17.9 Å². The highest BCUT2D eigenvalue weighted by Crippen LogP contribution is 2.17. The summed E-state index contributed by atoms with van der Waals surface area (Å²) in [5.41, 5.74) is 0. The van der Waals surface area contributed by atoms with Crippen LogP contribution in [0.2, 0.25) is 0 Å². The number of hydrogen-bond donors (Lipinski definition) is 2. The van der Waals surface area contributed by atoms with Gasteiger partial charge in [0.2, 0.25) is 0 Å². The summed E-state index contributed by atoms with van der Waals surface area (Å²) in [6.45, 7) is 4.93. The van der Waals surface area contributed by atoms with Gasteiger partial charge in [-0.3, -0.25) is 19.7 Å². The smallest absolute Gasteiger partial charge is 0.321 e. The highest BCUT2D eigenvalue weighted by Gasteiger charge is 2.14. The number of thiophene rings is 1. The SMILES string of the molecule is C=CCNC(=O)NC(=O)COC(=O)CCC(=O)c1ccc(C)s1. The first kappa shape index (κ1) is 18.6. The molecule has 8 heteroatoms. The molecule has 0 aliphatic heterocycles. The molecule has 0 aromatic carbocycles. The highest BCUT2D eigenvalue weighted by molar-refractivity contribution is 7.14. The molecule has 0 fully saturated rings. The average Bonchev–Trinajstić information content (AvgIpc) is 2.95. The van der Waals surface area contributed by atoms with E-state index in [1.165, 1.54) is 17.4 Å². The third-order valence-corrected chi connectivity index (χ3v) is 3.64. The first-order valence-corrected chi connectivity index (χ1v) is 7.68. The van der Waals surface area contributed by atoms with E-state index in [1.807, 2.05) is 18.3 Å². The van der Waals surface area contributed by atoms with Crippen LogP contribution >= 0.6 is 11.3 Å². The topological polar surface area (TPSA) is 102 Å². The molecule has 0 atom stereocenters. The van der Waals surface area contributed by atoms with Crippen LogP contribution in [0.25, 0.3) is 0 Å². The van der Waals surface area contributed by atoms with E-state index in [2.05, 4.69) is 11.9 Å². The van der Waals surface area contributed by atoms with Crippen molar-refractivity contribution in [3.8, 4) is 0 Å². The molecule has 0 aliphatic rings. The third-order valence-electron chi connectivity index (χ3n) is 2.60. The number of esters is 1. The Morgan fingerprint density at radius 2 is 2.00 bits per heavy atom. The predicted molar refractivity (Wildman–Crippen MR) is 85.3 cm³/mol. The van der Waals surface area contributed by atoms with E-state index in [0.29, 0.717) is 4.88 Å². The van der Waals surface area contributed by atoms with Gasteiger partial charge in [0.05, 0.1) is 11.3 Å². The molecule has 1 rings (SSSR count). The van der Waals surface area contributed by atoms with Gasteiger partial charge in [0.15, 0.2) is 12.4 Å². The zero-order chi connectivity index (χ0) is 17.2. The second-order valence-corrected chi connectivity index (χ2v) is 5.83. The maximum absolute atomic E-state index is 11.8. The van der Waals surface area contributed by atoms with Crippen molar-refractivity contribution in [1.29, 1.82) is 0 Å². The lowest BCUT2D eigenvalue weighted by Crippen LogP contribution is -2.41. The van der Waals surface area contributed by atoms with E-state index in [0.717, 1.165) is 4.88 Å². The number of rotatable bonds is 8. The molecule has 0 saturated carbocycles. The van der Waals surface area contributed by atoms with Crippen molar-refractivity contribution in [3.05, 3.63) is 34.5 Å². The lowest BCUT2D eigenvalue weighted by Gasteiger charge is -2.06. The Morgan fingerprint density at radius 3 is 2.61 bits per heavy atom. The van der Waals surface area contributed by atoms with Crippen molar-refractivity contribution in [3.63, 3.8) is 0 Å². The summed E-state index contributed by atoms with van der Waals surface area (Å²) in [6, 6.07) is 2.84. The molecule has 1 aromatic rings. The minimum atomic E-state index is -0.750. The predicted octanol–water partition coefficient (Wildman–Crippen LogP) is 1.57. The van der Waals surface area contributed by atoms with Gasteiger partial charge in [-0.05, 0) is 19.1 Å². The Morgan fingerprint density at radius 1 is 1.26 bits per heavy atom. The maximum Gasteiger partial charge on any atom is 0.321 e. The molecule has 0 bridgehead atoms. The summed E-state index contributed by atoms with van der Waals surface area (Å²) in [5, 5.41) is 4.32. The van der Waals surface area contributed by atoms with Gasteiger partial charge in [0, 0.05) is 17.8 Å². The Balaban J connectivity index is 2.23. The van der Waals surface area contributed by atoms with Crippen molar-refractivity contribution in [1.82, 2.24) is 10.6 Å². The molecule has 1 aromatic heterocycles. The van der Waals surface area contributed by atoms with Crippen LogP contribution in [0.5, 0.6) is 0 Å². The van der Waals surface area contributed by atoms with E-state index in [-0.39, 0.29) is 25.2 Å². The average molecular weight is 338 g/mol. The first-order chi connectivity index (χ1) is 10.9. The monoisotopic (exact) mass is 338 g/mol. The molecule has 1 heterocycles. The molecule has 0 radical (unpaired) electrons. The number of Topliss-reactive ketones (excluding diaryl/α,β-unsaturated/α-hetero) is 1. The van der Waals surface area contributed by atoms with Crippen molar-refractivity contribution >= 4 is 35.0 Å². The van der Waals surface area contributed by atoms with Gasteiger partial charge in [0.25, 0.3) is 5.91 Å². The van der Waals surface area contributed by atoms with Crippen molar-refractivity contribution in [2.24, 2.45) is 0 Å². The molecule has 124 valence electrons. The number of carbonyl (C=O) groups is 4. The molecule has 23 heavy (non-hydrogen) atoms. The van der Waals surface area contributed by atoms with Gasteiger partial charge in [0.1, 0.15) is 0 Å². The number of ether oxygens (including phenoxy) is 1. The minimum Gasteiger partial charge on any atom is -0.456 e. The normalized spacial score (nSPS) is 9.78. The Kier molecular flexibility index (Phi) is 7.69. The van der Waals surface area contributed by atoms with Crippen LogP contribution in [0.3, 0.4) is 0 Å². The quantitative estimate of drug-likeness (QED) is 0.426. The number of aryl methyl sites for hydroxylation is 1. The molecular formula is C15H18N2O5S. The standard InChI is InChI=1S/C15H18N2O5S/c1-3-8-16-15(21)17-13(19)9-22-14(20)7-5-11(18)12-6-4-10(2)23-12/h3-4,6H,1,5,7-9H2,2H3,(H2,16,17,19,21). The third kappa shape index (κ3) is 7.37. The zero-order valence-corrected chi connectivity index (χ0v) is 13.5. The summed E-state index contributed by atoms with van der Waals surface area (Å²) >= 11 is 1.36. The van der Waals surface area contributed by atoms with Crippen molar-refractivity contribution in [2.75, 3.05) is 13.2 Å². The summed E-state index contributed by atoms with van der Waals surface area (Å²) in [4.78, 5) is 47.4. The van der Waals surface area contributed by atoms with Crippen LogP contribution in [0, 0.1) is 6.92 Å². The van der Waals surface area contributed by atoms with Gasteiger partial charge in [-0.25, -0.2) is 4.79 Å². The van der Waals surface area contributed by atoms with E-state index in [9.17, 15) is 19.2 Å². The van der Waals surface area contributed by atoms with Crippen LogP contribution in [-0.2, 0) is 14.3 Å². The lowest BCUT2D eigenvalue weighted by atomic mass is 10.2. The first-order valence-electron chi connectivity index (χ1n) is 6.86. The van der Waals surface area contributed by atoms with Crippen LogP contribution in [0.15, 0.2) is 24.8 Å². The molecule has 7 nitrogen and oxygen atoms in total. The highest BCUT2D eigenvalue weighted by atomic mass is 32.1. The number of imide groups is 1. The van der Waals surface area contributed by atoms with Gasteiger partial charge < -0.3 is 10.1 Å². The second kappa shape index (κ2) is 9.52. The summed E-state index contributed by atoms with van der Waals surface area (Å²) in [6.07, 6.45) is 1.35. The van der Waals surface area contributed by atoms with Crippen LogP contribution < -0.4 is 10.6 Å². The Hall–Kier alpha value is -2.48.